The highest BCUT2D eigenvalue weighted by Crippen LogP contribution is 2.09. The van der Waals surface area contributed by atoms with Gasteiger partial charge in [-0.05, 0) is 39.0 Å². The zero-order chi connectivity index (χ0) is 15.2. The Morgan fingerprint density at radius 2 is 2.05 bits per heavy atom. The molecule has 1 aromatic rings. The smallest absolute Gasteiger partial charge is 0.244 e. The quantitative estimate of drug-likeness (QED) is 0.841. The van der Waals surface area contributed by atoms with Crippen molar-refractivity contribution in [3.63, 3.8) is 0 Å². The van der Waals surface area contributed by atoms with Crippen molar-refractivity contribution in [1.82, 2.24) is 10.2 Å². The highest BCUT2D eigenvalue weighted by atomic mass is 16.5. The van der Waals surface area contributed by atoms with E-state index in [1.54, 1.807) is 6.08 Å². The maximum Gasteiger partial charge on any atom is 0.244 e. The molecule has 1 N–H and O–H groups in total. The molecule has 0 aliphatic carbocycles. The van der Waals surface area contributed by atoms with Crippen LogP contribution in [0.1, 0.15) is 25.4 Å². The molecule has 2 rings (SSSR count). The molecule has 0 radical (unpaired) electrons. The Morgan fingerprint density at radius 3 is 2.67 bits per heavy atom. The Bertz CT molecular complexity index is 489. The van der Waals surface area contributed by atoms with Crippen molar-refractivity contribution in [3.8, 4) is 0 Å². The molecule has 1 aliphatic heterocycles. The standard InChI is InChI=1S/C16H24N2O3/c1-12-4-5-15(21-12)6-7-16(19)17-13(2)14(3)18-8-10-20-11-9-18/h4-7,13-14H,8-11H2,1-3H3,(H,17,19)/b7-6+. The third-order valence-corrected chi connectivity index (χ3v) is 3.88. The molecule has 2 unspecified atom stereocenters. The highest BCUT2D eigenvalue weighted by Gasteiger charge is 2.22. The Hall–Kier alpha value is -1.59. The van der Waals surface area contributed by atoms with E-state index in [0.717, 1.165) is 32.1 Å². The molecule has 0 aromatic carbocycles. The molecule has 2 atom stereocenters. The van der Waals surface area contributed by atoms with Crippen LogP contribution in [0.25, 0.3) is 6.08 Å². The summed E-state index contributed by atoms with van der Waals surface area (Å²) in [5.74, 6) is 1.43. The lowest BCUT2D eigenvalue weighted by molar-refractivity contribution is -0.117. The maximum absolute atomic E-state index is 11.9. The van der Waals surface area contributed by atoms with E-state index in [9.17, 15) is 4.79 Å². The van der Waals surface area contributed by atoms with Gasteiger partial charge in [0, 0.05) is 31.2 Å². The first-order valence-corrected chi connectivity index (χ1v) is 7.43. The van der Waals surface area contributed by atoms with Gasteiger partial charge in [-0.3, -0.25) is 9.69 Å². The summed E-state index contributed by atoms with van der Waals surface area (Å²) in [6, 6.07) is 4.09. The number of furan rings is 1. The summed E-state index contributed by atoms with van der Waals surface area (Å²) >= 11 is 0. The number of hydrogen-bond donors (Lipinski definition) is 1. The number of carbonyl (C=O) groups excluding carboxylic acids is 1. The van der Waals surface area contributed by atoms with Gasteiger partial charge in [0.05, 0.1) is 13.2 Å². The van der Waals surface area contributed by atoms with Crippen LogP contribution >= 0.6 is 0 Å². The van der Waals surface area contributed by atoms with Crippen molar-refractivity contribution in [2.45, 2.75) is 32.9 Å². The summed E-state index contributed by atoms with van der Waals surface area (Å²) in [5.41, 5.74) is 0. The van der Waals surface area contributed by atoms with Crippen molar-refractivity contribution in [1.29, 1.82) is 0 Å². The number of nitrogens with one attached hydrogen (secondary N) is 1. The molecule has 0 spiro atoms. The van der Waals surface area contributed by atoms with Crippen molar-refractivity contribution < 1.29 is 13.9 Å². The van der Waals surface area contributed by atoms with Crippen LogP contribution in [-0.2, 0) is 9.53 Å². The Balaban J connectivity index is 1.82. The number of aryl methyl sites for hydroxylation is 1. The predicted octanol–water partition coefficient (Wildman–Crippen LogP) is 1.83. The Kier molecular flexibility index (Phi) is 5.59. The first kappa shape index (κ1) is 15.8. The highest BCUT2D eigenvalue weighted by molar-refractivity contribution is 5.91. The predicted molar refractivity (Wildman–Crippen MR) is 81.9 cm³/mol. The van der Waals surface area contributed by atoms with E-state index in [1.807, 2.05) is 26.0 Å². The third kappa shape index (κ3) is 4.72. The van der Waals surface area contributed by atoms with E-state index in [4.69, 9.17) is 9.15 Å². The van der Waals surface area contributed by atoms with E-state index in [1.165, 1.54) is 6.08 Å². The molecule has 1 fully saturated rings. The number of rotatable bonds is 5. The fourth-order valence-electron chi connectivity index (χ4n) is 2.39. The summed E-state index contributed by atoms with van der Waals surface area (Å²) in [4.78, 5) is 14.3. The molecule has 5 heteroatoms. The lowest BCUT2D eigenvalue weighted by atomic mass is 10.1. The van der Waals surface area contributed by atoms with Crippen molar-refractivity contribution >= 4 is 12.0 Å². The monoisotopic (exact) mass is 292 g/mol. The molecule has 5 nitrogen and oxygen atoms in total. The third-order valence-electron chi connectivity index (χ3n) is 3.88. The van der Waals surface area contributed by atoms with Crippen molar-refractivity contribution in [2.24, 2.45) is 0 Å². The average Bonchev–Trinajstić information content (AvgIpc) is 2.91. The van der Waals surface area contributed by atoms with Crippen LogP contribution in [0.3, 0.4) is 0 Å². The minimum atomic E-state index is -0.100. The lowest BCUT2D eigenvalue weighted by Gasteiger charge is -2.35. The SMILES string of the molecule is Cc1ccc(/C=C/C(=O)NC(C)C(C)N2CCOCC2)o1. The molecular weight excluding hydrogens is 268 g/mol. The fourth-order valence-corrected chi connectivity index (χ4v) is 2.39. The molecule has 2 heterocycles. The number of ether oxygens (including phenoxy) is 1. The van der Waals surface area contributed by atoms with E-state index in [0.29, 0.717) is 5.76 Å². The molecule has 21 heavy (non-hydrogen) atoms. The van der Waals surface area contributed by atoms with Crippen LogP contribution in [0, 0.1) is 6.92 Å². The molecule has 1 aliphatic rings. The summed E-state index contributed by atoms with van der Waals surface area (Å²) in [5, 5.41) is 3.00. The van der Waals surface area contributed by atoms with Crippen LogP contribution in [0.15, 0.2) is 22.6 Å². The van der Waals surface area contributed by atoms with Gasteiger partial charge in [-0.2, -0.15) is 0 Å². The van der Waals surface area contributed by atoms with E-state index < -0.39 is 0 Å². The fraction of sp³-hybridized carbons (Fsp3) is 0.562. The minimum Gasteiger partial charge on any atom is -0.462 e. The van der Waals surface area contributed by atoms with Crippen molar-refractivity contribution in [2.75, 3.05) is 26.3 Å². The summed E-state index contributed by atoms with van der Waals surface area (Å²) in [6.07, 6.45) is 3.20. The Morgan fingerprint density at radius 1 is 1.33 bits per heavy atom. The normalized spacial score (nSPS) is 19.6. The van der Waals surface area contributed by atoms with Gasteiger partial charge in [0.1, 0.15) is 11.5 Å². The molecule has 0 saturated carbocycles. The van der Waals surface area contributed by atoms with Crippen LogP contribution < -0.4 is 5.32 Å². The van der Waals surface area contributed by atoms with Gasteiger partial charge in [-0.1, -0.05) is 0 Å². The molecule has 1 aromatic heterocycles. The number of carbonyl (C=O) groups is 1. The van der Waals surface area contributed by atoms with Gasteiger partial charge in [-0.25, -0.2) is 0 Å². The second-order valence-corrected chi connectivity index (χ2v) is 5.47. The average molecular weight is 292 g/mol. The van der Waals surface area contributed by atoms with Crippen LogP contribution in [0.4, 0.5) is 0 Å². The maximum atomic E-state index is 11.9. The largest absolute Gasteiger partial charge is 0.462 e. The van der Waals surface area contributed by atoms with Gasteiger partial charge in [-0.15, -0.1) is 0 Å². The van der Waals surface area contributed by atoms with E-state index in [-0.39, 0.29) is 18.0 Å². The van der Waals surface area contributed by atoms with Crippen LogP contribution in [0.2, 0.25) is 0 Å². The number of morpholine rings is 1. The summed E-state index contributed by atoms with van der Waals surface area (Å²) in [6.45, 7) is 9.42. The van der Waals surface area contributed by atoms with Gasteiger partial charge >= 0.3 is 0 Å². The molecule has 1 amide bonds. The second kappa shape index (κ2) is 7.43. The molecular formula is C16H24N2O3. The zero-order valence-corrected chi connectivity index (χ0v) is 13.0. The lowest BCUT2D eigenvalue weighted by Crippen LogP contribution is -2.51. The number of amides is 1. The topological polar surface area (TPSA) is 54.7 Å². The molecule has 0 bridgehead atoms. The van der Waals surface area contributed by atoms with E-state index >= 15 is 0 Å². The van der Waals surface area contributed by atoms with Crippen LogP contribution in [0.5, 0.6) is 0 Å². The second-order valence-electron chi connectivity index (χ2n) is 5.47. The molecule has 1 saturated heterocycles. The zero-order valence-electron chi connectivity index (χ0n) is 13.0. The van der Waals surface area contributed by atoms with Gasteiger partial charge in [0.15, 0.2) is 0 Å². The van der Waals surface area contributed by atoms with E-state index in [2.05, 4.69) is 17.1 Å². The number of nitrogens with zero attached hydrogens (tertiary/aromatic N) is 1. The summed E-state index contributed by atoms with van der Waals surface area (Å²) in [7, 11) is 0. The summed E-state index contributed by atoms with van der Waals surface area (Å²) < 4.78 is 10.7. The Labute approximate surface area is 125 Å². The van der Waals surface area contributed by atoms with Gasteiger partial charge < -0.3 is 14.5 Å². The minimum absolute atomic E-state index is 0.0820. The first-order valence-electron chi connectivity index (χ1n) is 7.43. The van der Waals surface area contributed by atoms with Gasteiger partial charge in [0.2, 0.25) is 5.91 Å². The van der Waals surface area contributed by atoms with Gasteiger partial charge in [0.25, 0.3) is 0 Å². The van der Waals surface area contributed by atoms with Crippen LogP contribution in [-0.4, -0.2) is 49.2 Å². The molecule has 116 valence electrons. The number of hydrogen-bond acceptors (Lipinski definition) is 4. The first-order chi connectivity index (χ1) is 10.1. The van der Waals surface area contributed by atoms with Crippen molar-refractivity contribution in [3.05, 3.63) is 29.7 Å².